The largest absolute Gasteiger partial charge is 0.390 e. The normalized spacial score (nSPS) is 22.6. The maximum atomic E-state index is 14.6. The van der Waals surface area contributed by atoms with Crippen molar-refractivity contribution in [1.29, 1.82) is 0 Å². The quantitative estimate of drug-likeness (QED) is 0.736. The van der Waals surface area contributed by atoms with E-state index >= 15 is 0 Å². The van der Waals surface area contributed by atoms with Crippen molar-refractivity contribution >= 4 is 11.6 Å². The molecular formula is C21H21FN4O2. The summed E-state index contributed by atoms with van der Waals surface area (Å²) in [5, 5.41) is 10.6. The first-order valence-corrected chi connectivity index (χ1v) is 9.52. The lowest BCUT2D eigenvalue weighted by Crippen LogP contribution is -2.45. The maximum Gasteiger partial charge on any atom is 0.277 e. The first kappa shape index (κ1) is 17.3. The Morgan fingerprint density at radius 2 is 1.89 bits per heavy atom. The number of carbonyl (C=O) groups excluding carboxylic acids is 1. The van der Waals surface area contributed by atoms with E-state index in [0.717, 1.165) is 19.5 Å². The molecule has 2 aromatic heterocycles. The van der Waals surface area contributed by atoms with Gasteiger partial charge in [-0.25, -0.2) is 4.98 Å². The standard InChI is InChI=1S/C21H21FN4O2/c22-20-19(23-18-7-3-4-9-26(18)20)21(28)25-12-16(17(27)13-25)24-10-8-14-5-1-2-6-15(14)11-24/h1-7,9,16-17,27H,8,10-13H2/t16-,17-/m0/s1. The number of aromatic nitrogens is 2. The third kappa shape index (κ3) is 2.78. The summed E-state index contributed by atoms with van der Waals surface area (Å²) in [5.74, 6) is -1.13. The Kier molecular flexibility index (Phi) is 4.14. The van der Waals surface area contributed by atoms with Crippen molar-refractivity contribution in [2.45, 2.75) is 25.1 Å². The minimum Gasteiger partial charge on any atom is -0.390 e. The van der Waals surface area contributed by atoms with Crippen molar-refractivity contribution in [3.8, 4) is 0 Å². The summed E-state index contributed by atoms with van der Waals surface area (Å²) in [4.78, 5) is 20.8. The molecule has 1 N–H and O–H groups in total. The molecule has 2 aliphatic rings. The number of amides is 1. The highest BCUT2D eigenvalue weighted by Gasteiger charge is 2.40. The fourth-order valence-corrected chi connectivity index (χ4v) is 4.35. The van der Waals surface area contributed by atoms with Crippen LogP contribution >= 0.6 is 0 Å². The summed E-state index contributed by atoms with van der Waals surface area (Å²) in [7, 11) is 0. The lowest BCUT2D eigenvalue weighted by molar-refractivity contribution is 0.0732. The molecule has 144 valence electrons. The lowest BCUT2D eigenvalue weighted by atomic mass is 9.98. The summed E-state index contributed by atoms with van der Waals surface area (Å²) >= 11 is 0. The second-order valence-electron chi connectivity index (χ2n) is 7.51. The average molecular weight is 380 g/mol. The van der Waals surface area contributed by atoms with Gasteiger partial charge in [0.1, 0.15) is 5.65 Å². The first-order valence-electron chi connectivity index (χ1n) is 9.52. The Bertz CT molecular complexity index is 1050. The number of hydrogen-bond donors (Lipinski definition) is 1. The SMILES string of the molecule is O=C(c1nc2ccccn2c1F)N1C[C@H](O)[C@@H](N2CCc3ccccc3C2)C1. The molecule has 1 saturated heterocycles. The zero-order chi connectivity index (χ0) is 19.3. The second-order valence-corrected chi connectivity index (χ2v) is 7.51. The van der Waals surface area contributed by atoms with Crippen molar-refractivity contribution in [3.05, 3.63) is 71.4 Å². The highest BCUT2D eigenvalue weighted by atomic mass is 19.1. The highest BCUT2D eigenvalue weighted by Crippen LogP contribution is 2.26. The van der Waals surface area contributed by atoms with E-state index in [4.69, 9.17) is 0 Å². The molecule has 0 aliphatic carbocycles. The van der Waals surface area contributed by atoms with Crippen molar-refractivity contribution in [3.63, 3.8) is 0 Å². The van der Waals surface area contributed by atoms with Crippen LogP contribution in [0.1, 0.15) is 21.6 Å². The number of likely N-dealkylation sites (tertiary alicyclic amines) is 1. The minimum absolute atomic E-state index is 0.155. The smallest absolute Gasteiger partial charge is 0.277 e. The van der Waals surface area contributed by atoms with Crippen LogP contribution < -0.4 is 0 Å². The first-order chi connectivity index (χ1) is 13.6. The van der Waals surface area contributed by atoms with Gasteiger partial charge in [0.15, 0.2) is 5.69 Å². The lowest BCUT2D eigenvalue weighted by Gasteiger charge is -2.34. The van der Waals surface area contributed by atoms with Gasteiger partial charge in [0.25, 0.3) is 5.91 Å². The van der Waals surface area contributed by atoms with E-state index in [0.29, 0.717) is 12.2 Å². The average Bonchev–Trinajstić information content (AvgIpc) is 3.28. The molecule has 1 fully saturated rings. The summed E-state index contributed by atoms with van der Waals surface area (Å²) in [6, 6.07) is 13.3. The molecule has 1 aromatic carbocycles. The molecule has 0 bridgehead atoms. The molecule has 1 amide bonds. The molecule has 0 unspecified atom stereocenters. The molecule has 0 radical (unpaired) electrons. The monoisotopic (exact) mass is 380 g/mol. The van der Waals surface area contributed by atoms with Gasteiger partial charge in [0.2, 0.25) is 5.95 Å². The van der Waals surface area contributed by atoms with E-state index < -0.39 is 18.0 Å². The van der Waals surface area contributed by atoms with E-state index in [1.165, 1.54) is 20.4 Å². The van der Waals surface area contributed by atoms with Crippen LogP contribution in [0.15, 0.2) is 48.7 Å². The Balaban J connectivity index is 1.35. The summed E-state index contributed by atoms with van der Waals surface area (Å²) in [6.07, 6.45) is 1.81. The molecule has 4 heterocycles. The predicted molar refractivity (Wildman–Crippen MR) is 101 cm³/mol. The van der Waals surface area contributed by atoms with Gasteiger partial charge in [-0.3, -0.25) is 14.1 Å². The van der Waals surface area contributed by atoms with Crippen LogP contribution in [0.2, 0.25) is 0 Å². The Labute approximate surface area is 161 Å². The number of imidazole rings is 1. The fraction of sp³-hybridized carbons (Fsp3) is 0.333. The van der Waals surface area contributed by atoms with Crippen molar-refractivity contribution in [1.82, 2.24) is 19.2 Å². The van der Waals surface area contributed by atoms with Crippen LogP contribution in [-0.2, 0) is 13.0 Å². The van der Waals surface area contributed by atoms with Crippen LogP contribution in [0.3, 0.4) is 0 Å². The third-order valence-electron chi connectivity index (χ3n) is 5.85. The maximum absolute atomic E-state index is 14.6. The molecule has 2 atom stereocenters. The van der Waals surface area contributed by atoms with Crippen LogP contribution in [0.4, 0.5) is 4.39 Å². The third-order valence-corrected chi connectivity index (χ3v) is 5.85. The van der Waals surface area contributed by atoms with E-state index in [1.807, 2.05) is 12.1 Å². The van der Waals surface area contributed by atoms with Gasteiger partial charge in [-0.1, -0.05) is 30.3 Å². The number of hydrogen-bond acceptors (Lipinski definition) is 4. The van der Waals surface area contributed by atoms with Crippen molar-refractivity contribution in [2.24, 2.45) is 0 Å². The number of fused-ring (bicyclic) bond motifs is 2. The Morgan fingerprint density at radius 3 is 2.71 bits per heavy atom. The molecule has 7 heteroatoms. The van der Waals surface area contributed by atoms with Gasteiger partial charge in [0, 0.05) is 32.4 Å². The van der Waals surface area contributed by atoms with E-state index in [9.17, 15) is 14.3 Å². The molecule has 3 aromatic rings. The number of aliphatic hydroxyl groups is 1. The van der Waals surface area contributed by atoms with E-state index in [-0.39, 0.29) is 18.3 Å². The van der Waals surface area contributed by atoms with Crippen molar-refractivity contribution < 1.29 is 14.3 Å². The van der Waals surface area contributed by atoms with Crippen LogP contribution in [0.25, 0.3) is 5.65 Å². The number of halogens is 1. The van der Waals surface area contributed by atoms with Gasteiger partial charge in [0.05, 0.1) is 12.1 Å². The van der Waals surface area contributed by atoms with Crippen LogP contribution in [0.5, 0.6) is 0 Å². The zero-order valence-electron chi connectivity index (χ0n) is 15.3. The summed E-state index contributed by atoms with van der Waals surface area (Å²) < 4.78 is 15.9. The summed E-state index contributed by atoms with van der Waals surface area (Å²) in [6.45, 7) is 2.15. The molecular weight excluding hydrogens is 359 g/mol. The topological polar surface area (TPSA) is 61.1 Å². The number of carbonyl (C=O) groups is 1. The number of β-amino-alcohol motifs (C(OH)–C–C–N with tert-alkyl or cyclic N) is 1. The van der Waals surface area contributed by atoms with Gasteiger partial charge in [-0.2, -0.15) is 4.39 Å². The highest BCUT2D eigenvalue weighted by molar-refractivity contribution is 5.93. The van der Waals surface area contributed by atoms with Crippen LogP contribution in [-0.4, -0.2) is 62.0 Å². The second kappa shape index (κ2) is 6.68. The Morgan fingerprint density at radius 1 is 1.11 bits per heavy atom. The molecule has 0 saturated carbocycles. The van der Waals surface area contributed by atoms with Crippen LogP contribution in [0, 0.1) is 5.95 Å². The summed E-state index contributed by atoms with van der Waals surface area (Å²) in [5.41, 5.74) is 2.80. The van der Waals surface area contributed by atoms with E-state index in [2.05, 4.69) is 22.0 Å². The molecule has 0 spiro atoms. The van der Waals surface area contributed by atoms with Gasteiger partial charge >= 0.3 is 0 Å². The van der Waals surface area contributed by atoms with Crippen molar-refractivity contribution in [2.75, 3.05) is 19.6 Å². The number of aliphatic hydroxyl groups excluding tert-OH is 1. The predicted octanol–water partition coefficient (Wildman–Crippen LogP) is 1.72. The number of nitrogens with zero attached hydrogens (tertiary/aromatic N) is 4. The van der Waals surface area contributed by atoms with Gasteiger partial charge in [-0.05, 0) is 29.7 Å². The molecule has 6 nitrogen and oxygen atoms in total. The van der Waals surface area contributed by atoms with Gasteiger partial charge < -0.3 is 10.0 Å². The molecule has 5 rings (SSSR count). The van der Waals surface area contributed by atoms with Gasteiger partial charge in [-0.15, -0.1) is 0 Å². The number of pyridine rings is 1. The number of rotatable bonds is 2. The molecule has 28 heavy (non-hydrogen) atoms. The minimum atomic E-state index is -0.662. The fourth-order valence-electron chi connectivity index (χ4n) is 4.35. The molecule has 2 aliphatic heterocycles. The van der Waals surface area contributed by atoms with E-state index in [1.54, 1.807) is 24.4 Å². The zero-order valence-corrected chi connectivity index (χ0v) is 15.3. The number of benzene rings is 1. The Hall–Kier alpha value is -2.77.